The first-order valence-corrected chi connectivity index (χ1v) is 6.97. The van der Waals surface area contributed by atoms with Crippen LogP contribution in [0.25, 0.3) is 0 Å². The summed E-state index contributed by atoms with van der Waals surface area (Å²) in [7, 11) is 1.63. The van der Waals surface area contributed by atoms with E-state index < -0.39 is 0 Å². The van der Waals surface area contributed by atoms with Crippen LogP contribution in [0.1, 0.15) is 18.4 Å². The first kappa shape index (κ1) is 14.8. The molecule has 1 aliphatic heterocycles. The van der Waals surface area contributed by atoms with E-state index in [-0.39, 0.29) is 12.0 Å². The van der Waals surface area contributed by atoms with Crippen molar-refractivity contribution in [3.63, 3.8) is 0 Å². The molecule has 2 N–H and O–H groups in total. The largest absolute Gasteiger partial charge is 0.497 e. The van der Waals surface area contributed by atoms with E-state index in [2.05, 4.69) is 10.2 Å². The van der Waals surface area contributed by atoms with Gasteiger partial charge in [-0.25, -0.2) is 0 Å². The summed E-state index contributed by atoms with van der Waals surface area (Å²) in [6.45, 7) is 2.51. The van der Waals surface area contributed by atoms with Crippen LogP contribution >= 0.6 is 0 Å². The number of ether oxygens (including phenoxy) is 1. The van der Waals surface area contributed by atoms with E-state index in [1.54, 1.807) is 7.11 Å². The summed E-state index contributed by atoms with van der Waals surface area (Å²) < 4.78 is 5.09. The van der Waals surface area contributed by atoms with Crippen molar-refractivity contribution in [2.45, 2.75) is 25.5 Å². The molecule has 0 radical (unpaired) electrons. The van der Waals surface area contributed by atoms with E-state index in [0.717, 1.165) is 37.2 Å². The number of nitrogens with zero attached hydrogens (tertiary/aromatic N) is 1. The number of carbonyl (C=O) groups is 1. The number of piperidine rings is 1. The molecular weight excluding hydrogens is 256 g/mol. The number of methoxy groups -OCH3 is 1. The molecule has 0 atom stereocenters. The van der Waals surface area contributed by atoms with Gasteiger partial charge in [0.05, 0.1) is 19.8 Å². The molecule has 0 saturated carbocycles. The number of amides is 1. The molecule has 1 fully saturated rings. The lowest BCUT2D eigenvalue weighted by atomic mass is 10.1. The van der Waals surface area contributed by atoms with E-state index in [1.807, 2.05) is 24.3 Å². The molecule has 0 spiro atoms. The van der Waals surface area contributed by atoms with Gasteiger partial charge in [-0.3, -0.25) is 9.69 Å². The first-order valence-electron chi connectivity index (χ1n) is 6.97. The van der Waals surface area contributed by atoms with Gasteiger partial charge in [0, 0.05) is 19.6 Å². The van der Waals surface area contributed by atoms with E-state index in [1.165, 1.54) is 0 Å². The number of hydrogen-bond acceptors (Lipinski definition) is 4. The predicted octanol–water partition coefficient (Wildman–Crippen LogP) is 0.768. The average Bonchev–Trinajstić information content (AvgIpc) is 2.48. The Morgan fingerprint density at radius 2 is 2.00 bits per heavy atom. The van der Waals surface area contributed by atoms with E-state index in [4.69, 9.17) is 4.74 Å². The van der Waals surface area contributed by atoms with Gasteiger partial charge < -0.3 is 15.2 Å². The van der Waals surface area contributed by atoms with Crippen molar-refractivity contribution >= 4 is 5.91 Å². The van der Waals surface area contributed by atoms with Crippen molar-refractivity contribution in [1.82, 2.24) is 10.2 Å². The molecule has 1 aliphatic rings. The smallest absolute Gasteiger partial charge is 0.234 e. The van der Waals surface area contributed by atoms with Gasteiger partial charge in [0.25, 0.3) is 0 Å². The molecule has 1 aromatic carbocycles. The van der Waals surface area contributed by atoms with Crippen molar-refractivity contribution in [2.24, 2.45) is 0 Å². The number of nitrogens with one attached hydrogen (secondary N) is 1. The third kappa shape index (κ3) is 4.51. The SMILES string of the molecule is COc1ccc(CNC(=O)CN2CCC(O)CC2)cc1. The van der Waals surface area contributed by atoms with Crippen molar-refractivity contribution in [2.75, 3.05) is 26.7 Å². The fourth-order valence-corrected chi connectivity index (χ4v) is 2.28. The number of hydrogen-bond donors (Lipinski definition) is 2. The minimum absolute atomic E-state index is 0.0252. The highest BCUT2D eigenvalue weighted by atomic mass is 16.5. The van der Waals surface area contributed by atoms with Crippen LogP contribution in [0.15, 0.2) is 24.3 Å². The molecule has 5 heteroatoms. The highest BCUT2D eigenvalue weighted by Crippen LogP contribution is 2.11. The quantitative estimate of drug-likeness (QED) is 0.835. The van der Waals surface area contributed by atoms with Crippen molar-refractivity contribution in [3.05, 3.63) is 29.8 Å². The van der Waals surface area contributed by atoms with Crippen molar-refractivity contribution < 1.29 is 14.6 Å². The van der Waals surface area contributed by atoms with Crippen molar-refractivity contribution in [3.8, 4) is 5.75 Å². The summed E-state index contributed by atoms with van der Waals surface area (Å²) in [6, 6.07) is 7.65. The van der Waals surface area contributed by atoms with Crippen LogP contribution < -0.4 is 10.1 Å². The summed E-state index contributed by atoms with van der Waals surface area (Å²) in [5.74, 6) is 0.837. The maximum atomic E-state index is 11.8. The lowest BCUT2D eigenvalue weighted by Gasteiger charge is -2.28. The number of aliphatic hydroxyl groups is 1. The Morgan fingerprint density at radius 3 is 2.60 bits per heavy atom. The Kier molecular flexibility index (Phi) is 5.38. The summed E-state index contributed by atoms with van der Waals surface area (Å²) in [5, 5.41) is 12.3. The lowest BCUT2D eigenvalue weighted by molar-refractivity contribution is -0.122. The Labute approximate surface area is 119 Å². The lowest BCUT2D eigenvalue weighted by Crippen LogP contribution is -2.42. The van der Waals surface area contributed by atoms with E-state index >= 15 is 0 Å². The summed E-state index contributed by atoms with van der Waals surface area (Å²) in [4.78, 5) is 13.9. The maximum Gasteiger partial charge on any atom is 0.234 e. The maximum absolute atomic E-state index is 11.8. The number of carbonyl (C=O) groups excluding carboxylic acids is 1. The molecule has 0 bridgehead atoms. The molecular formula is C15H22N2O3. The third-order valence-corrected chi connectivity index (χ3v) is 3.57. The predicted molar refractivity (Wildman–Crippen MR) is 76.5 cm³/mol. The van der Waals surface area contributed by atoms with Gasteiger partial charge in [-0.2, -0.15) is 0 Å². The molecule has 1 saturated heterocycles. The molecule has 110 valence electrons. The normalized spacial score (nSPS) is 16.9. The molecule has 1 amide bonds. The highest BCUT2D eigenvalue weighted by molar-refractivity contribution is 5.78. The summed E-state index contributed by atoms with van der Waals surface area (Å²) in [6.07, 6.45) is 1.31. The van der Waals surface area contributed by atoms with Crippen LogP contribution in [0.5, 0.6) is 5.75 Å². The Hall–Kier alpha value is -1.59. The molecule has 0 aromatic heterocycles. The van der Waals surface area contributed by atoms with Crippen molar-refractivity contribution in [1.29, 1.82) is 0 Å². The second-order valence-electron chi connectivity index (χ2n) is 5.13. The Morgan fingerprint density at radius 1 is 1.35 bits per heavy atom. The molecule has 1 aromatic rings. The average molecular weight is 278 g/mol. The standard InChI is InChI=1S/C15H22N2O3/c1-20-14-4-2-12(3-5-14)10-16-15(19)11-17-8-6-13(18)7-9-17/h2-5,13,18H,6-11H2,1H3,(H,16,19). The van der Waals surface area contributed by atoms with Crippen LogP contribution in [-0.4, -0.2) is 48.8 Å². The van der Waals surface area contributed by atoms with E-state index in [0.29, 0.717) is 13.1 Å². The molecule has 2 rings (SSSR count). The fourth-order valence-electron chi connectivity index (χ4n) is 2.28. The second kappa shape index (κ2) is 7.26. The van der Waals surface area contributed by atoms with Gasteiger partial charge in [-0.1, -0.05) is 12.1 Å². The topological polar surface area (TPSA) is 61.8 Å². The Bertz CT molecular complexity index is 425. The summed E-state index contributed by atoms with van der Waals surface area (Å²) in [5.41, 5.74) is 1.05. The zero-order valence-electron chi connectivity index (χ0n) is 11.8. The van der Waals surface area contributed by atoms with Crippen LogP contribution in [-0.2, 0) is 11.3 Å². The van der Waals surface area contributed by atoms with Gasteiger partial charge in [-0.15, -0.1) is 0 Å². The Balaban J connectivity index is 1.71. The zero-order valence-corrected chi connectivity index (χ0v) is 11.8. The van der Waals surface area contributed by atoms with Gasteiger partial charge in [-0.05, 0) is 30.5 Å². The third-order valence-electron chi connectivity index (χ3n) is 3.57. The second-order valence-corrected chi connectivity index (χ2v) is 5.13. The summed E-state index contributed by atoms with van der Waals surface area (Å²) >= 11 is 0. The minimum Gasteiger partial charge on any atom is -0.497 e. The zero-order chi connectivity index (χ0) is 14.4. The number of aliphatic hydroxyl groups excluding tert-OH is 1. The number of rotatable bonds is 5. The van der Waals surface area contributed by atoms with Gasteiger partial charge in [0.15, 0.2) is 0 Å². The number of benzene rings is 1. The van der Waals surface area contributed by atoms with Crippen LogP contribution in [0.4, 0.5) is 0 Å². The highest BCUT2D eigenvalue weighted by Gasteiger charge is 2.18. The van der Waals surface area contributed by atoms with Crippen LogP contribution in [0.3, 0.4) is 0 Å². The molecule has 1 heterocycles. The van der Waals surface area contributed by atoms with Gasteiger partial charge >= 0.3 is 0 Å². The minimum atomic E-state index is -0.200. The molecule has 0 aliphatic carbocycles. The van der Waals surface area contributed by atoms with Crippen LogP contribution in [0.2, 0.25) is 0 Å². The fraction of sp³-hybridized carbons (Fsp3) is 0.533. The number of likely N-dealkylation sites (tertiary alicyclic amines) is 1. The first-order chi connectivity index (χ1) is 9.67. The molecule has 20 heavy (non-hydrogen) atoms. The van der Waals surface area contributed by atoms with Gasteiger partial charge in [0.2, 0.25) is 5.91 Å². The van der Waals surface area contributed by atoms with Crippen LogP contribution in [0, 0.1) is 0 Å². The van der Waals surface area contributed by atoms with Gasteiger partial charge in [0.1, 0.15) is 5.75 Å². The molecule has 0 unspecified atom stereocenters. The molecule has 5 nitrogen and oxygen atoms in total. The monoisotopic (exact) mass is 278 g/mol. The van der Waals surface area contributed by atoms with E-state index in [9.17, 15) is 9.90 Å².